The van der Waals surface area contributed by atoms with Gasteiger partial charge in [-0.25, -0.2) is 0 Å². The Morgan fingerprint density at radius 1 is 1.27 bits per heavy atom. The van der Waals surface area contributed by atoms with Gasteiger partial charge in [-0.05, 0) is 50.9 Å². The van der Waals surface area contributed by atoms with Crippen LogP contribution in [0.5, 0.6) is 0 Å². The number of hydrogen-bond donors (Lipinski definition) is 1. The van der Waals surface area contributed by atoms with E-state index in [4.69, 9.17) is 8.83 Å². The zero-order valence-electron chi connectivity index (χ0n) is 17.3. The van der Waals surface area contributed by atoms with E-state index in [-0.39, 0.29) is 22.9 Å². The van der Waals surface area contributed by atoms with Crippen LogP contribution in [-0.2, 0) is 4.79 Å². The Morgan fingerprint density at radius 2 is 2.17 bits per heavy atom. The van der Waals surface area contributed by atoms with Crippen LogP contribution in [0.4, 0.5) is 0 Å². The Hall–Kier alpha value is -2.19. The highest BCUT2D eigenvalue weighted by molar-refractivity contribution is 7.99. The number of likely N-dealkylation sites (tertiary alicyclic amines) is 1. The summed E-state index contributed by atoms with van der Waals surface area (Å²) in [4.78, 5) is 30.2. The molecular formula is C22H29N3O4S. The molecule has 30 heavy (non-hydrogen) atoms. The lowest BCUT2D eigenvalue weighted by molar-refractivity contribution is -0.124. The number of amides is 2. The Labute approximate surface area is 181 Å². The second-order valence-electron chi connectivity index (χ2n) is 7.97. The Balaban J connectivity index is 1.37. The normalized spacial score (nSPS) is 24.8. The average Bonchev–Trinajstić information content (AvgIpc) is 3.52. The summed E-state index contributed by atoms with van der Waals surface area (Å²) in [5.41, 5.74) is 0.870. The molecule has 0 saturated carbocycles. The molecule has 0 aliphatic carbocycles. The summed E-state index contributed by atoms with van der Waals surface area (Å²) in [5, 5.41) is 2.78. The maximum atomic E-state index is 13.1. The van der Waals surface area contributed by atoms with Crippen LogP contribution in [0.25, 0.3) is 0 Å². The fraction of sp³-hybridized carbons (Fsp3) is 0.545. The second-order valence-corrected chi connectivity index (χ2v) is 9.09. The van der Waals surface area contributed by atoms with Crippen molar-refractivity contribution < 1.29 is 18.4 Å². The van der Waals surface area contributed by atoms with Gasteiger partial charge in [-0.15, -0.1) is 11.8 Å². The van der Waals surface area contributed by atoms with Gasteiger partial charge < -0.3 is 24.0 Å². The zero-order chi connectivity index (χ0) is 20.9. The summed E-state index contributed by atoms with van der Waals surface area (Å²) >= 11 is 1.57. The van der Waals surface area contributed by atoms with E-state index in [1.807, 2.05) is 6.07 Å². The van der Waals surface area contributed by atoms with Gasteiger partial charge in [0.25, 0.3) is 5.91 Å². The molecule has 0 aromatic carbocycles. The number of hydrogen-bond acceptors (Lipinski definition) is 6. The highest BCUT2D eigenvalue weighted by Gasteiger charge is 2.43. The van der Waals surface area contributed by atoms with E-state index >= 15 is 0 Å². The van der Waals surface area contributed by atoms with Crippen molar-refractivity contribution in [3.8, 4) is 0 Å². The average molecular weight is 432 g/mol. The van der Waals surface area contributed by atoms with Crippen molar-refractivity contribution in [1.82, 2.24) is 15.1 Å². The fourth-order valence-corrected chi connectivity index (χ4v) is 5.66. The van der Waals surface area contributed by atoms with E-state index in [2.05, 4.69) is 17.1 Å². The standard InChI is InChI=1S/C22H29N3O4S/c1-16-6-2-3-10-24(16)11-5-9-23-20(26)18-15-30-22(17-8-13-28-14-17)25(18)21(27)19-7-4-12-29-19/h4,7-8,12-14,16,18,22H,2-3,5-6,9-11,15H2,1H3,(H,23,26). The molecule has 2 aliphatic heterocycles. The predicted molar refractivity (Wildman–Crippen MR) is 115 cm³/mol. The van der Waals surface area contributed by atoms with E-state index in [0.717, 1.165) is 25.1 Å². The van der Waals surface area contributed by atoms with Crippen molar-refractivity contribution in [2.45, 2.75) is 50.1 Å². The van der Waals surface area contributed by atoms with Crippen LogP contribution in [0.2, 0.25) is 0 Å². The van der Waals surface area contributed by atoms with Crippen LogP contribution in [0, 0.1) is 0 Å². The first kappa shape index (κ1) is 21.1. The minimum atomic E-state index is -0.540. The Morgan fingerprint density at radius 3 is 2.90 bits per heavy atom. The van der Waals surface area contributed by atoms with Gasteiger partial charge in [-0.1, -0.05) is 6.42 Å². The molecule has 2 amide bonds. The summed E-state index contributed by atoms with van der Waals surface area (Å²) in [5.74, 6) is 0.388. The van der Waals surface area contributed by atoms with Crippen molar-refractivity contribution >= 4 is 23.6 Å². The van der Waals surface area contributed by atoms with Crippen molar-refractivity contribution in [2.24, 2.45) is 0 Å². The molecule has 3 unspecified atom stereocenters. The molecule has 0 bridgehead atoms. The molecule has 8 heteroatoms. The first-order valence-electron chi connectivity index (χ1n) is 10.7. The topological polar surface area (TPSA) is 78.9 Å². The molecule has 3 atom stereocenters. The molecule has 2 saturated heterocycles. The summed E-state index contributed by atoms with van der Waals surface area (Å²) in [6.07, 6.45) is 9.42. The van der Waals surface area contributed by atoms with Gasteiger partial charge >= 0.3 is 0 Å². The molecule has 0 radical (unpaired) electrons. The van der Waals surface area contributed by atoms with E-state index in [0.29, 0.717) is 18.3 Å². The number of thioether (sulfide) groups is 1. The number of carbonyl (C=O) groups excluding carboxylic acids is 2. The molecule has 4 heterocycles. The SMILES string of the molecule is CC1CCCCN1CCCNC(=O)C1CSC(c2ccoc2)N1C(=O)c1ccco1. The first-order chi connectivity index (χ1) is 14.6. The van der Waals surface area contributed by atoms with Crippen molar-refractivity contribution in [3.63, 3.8) is 0 Å². The molecule has 4 rings (SSSR count). The van der Waals surface area contributed by atoms with Crippen molar-refractivity contribution in [3.05, 3.63) is 48.3 Å². The van der Waals surface area contributed by atoms with Gasteiger partial charge in [0, 0.05) is 30.4 Å². The largest absolute Gasteiger partial charge is 0.472 e. The van der Waals surface area contributed by atoms with Crippen LogP contribution in [0.3, 0.4) is 0 Å². The summed E-state index contributed by atoms with van der Waals surface area (Å²) < 4.78 is 10.5. The summed E-state index contributed by atoms with van der Waals surface area (Å²) in [6.45, 7) is 5.03. The van der Waals surface area contributed by atoms with Crippen molar-refractivity contribution in [2.75, 3.05) is 25.4 Å². The molecule has 0 spiro atoms. The van der Waals surface area contributed by atoms with Crippen molar-refractivity contribution in [1.29, 1.82) is 0 Å². The van der Waals surface area contributed by atoms with Crippen LogP contribution in [0.1, 0.15) is 54.1 Å². The molecule has 2 aliphatic rings. The van der Waals surface area contributed by atoms with Crippen LogP contribution < -0.4 is 5.32 Å². The maximum absolute atomic E-state index is 13.1. The Bertz CT molecular complexity index is 824. The highest BCUT2D eigenvalue weighted by atomic mass is 32.2. The van der Waals surface area contributed by atoms with Gasteiger partial charge in [0.2, 0.25) is 5.91 Å². The minimum absolute atomic E-state index is 0.111. The van der Waals surface area contributed by atoms with Crippen LogP contribution in [-0.4, -0.2) is 59.1 Å². The molecule has 2 fully saturated rings. The van der Waals surface area contributed by atoms with Gasteiger partial charge in [-0.3, -0.25) is 9.59 Å². The lowest BCUT2D eigenvalue weighted by Crippen LogP contribution is -2.48. The predicted octanol–water partition coefficient (Wildman–Crippen LogP) is 3.51. The fourth-order valence-electron chi connectivity index (χ4n) is 4.26. The monoisotopic (exact) mass is 431 g/mol. The van der Waals surface area contributed by atoms with Crippen LogP contribution >= 0.6 is 11.8 Å². The van der Waals surface area contributed by atoms with E-state index in [1.165, 1.54) is 25.5 Å². The lowest BCUT2D eigenvalue weighted by Gasteiger charge is -2.33. The lowest BCUT2D eigenvalue weighted by atomic mass is 10.0. The molecule has 7 nitrogen and oxygen atoms in total. The van der Waals surface area contributed by atoms with Gasteiger partial charge in [0.1, 0.15) is 11.4 Å². The molecule has 162 valence electrons. The van der Waals surface area contributed by atoms with E-state index < -0.39 is 6.04 Å². The molecular weight excluding hydrogens is 402 g/mol. The molecule has 2 aromatic heterocycles. The third-order valence-electron chi connectivity index (χ3n) is 5.96. The zero-order valence-corrected chi connectivity index (χ0v) is 18.1. The molecule has 2 aromatic rings. The Kier molecular flexibility index (Phi) is 6.84. The molecule has 1 N–H and O–H groups in total. The second kappa shape index (κ2) is 9.75. The third kappa shape index (κ3) is 4.59. The van der Waals surface area contributed by atoms with E-state index in [9.17, 15) is 9.59 Å². The smallest absolute Gasteiger partial charge is 0.291 e. The van der Waals surface area contributed by atoms with Gasteiger partial charge in [-0.2, -0.15) is 0 Å². The number of rotatable bonds is 7. The number of nitrogens with zero attached hydrogens (tertiary/aromatic N) is 2. The maximum Gasteiger partial charge on any atom is 0.291 e. The number of nitrogens with one attached hydrogen (secondary N) is 1. The number of furan rings is 2. The quantitative estimate of drug-likeness (QED) is 0.676. The summed E-state index contributed by atoms with van der Waals surface area (Å²) in [7, 11) is 0. The van der Waals surface area contributed by atoms with Gasteiger partial charge in [0.15, 0.2) is 5.76 Å². The van der Waals surface area contributed by atoms with Crippen LogP contribution in [0.15, 0.2) is 45.8 Å². The highest BCUT2D eigenvalue weighted by Crippen LogP contribution is 2.42. The van der Waals surface area contributed by atoms with Gasteiger partial charge in [0.05, 0.1) is 18.8 Å². The third-order valence-corrected chi connectivity index (χ3v) is 7.28. The van der Waals surface area contributed by atoms with E-state index in [1.54, 1.807) is 41.3 Å². The first-order valence-corrected chi connectivity index (χ1v) is 11.7. The summed E-state index contributed by atoms with van der Waals surface area (Å²) in [6, 6.07) is 5.23. The number of piperidine rings is 1. The number of carbonyl (C=O) groups is 2. The minimum Gasteiger partial charge on any atom is -0.472 e.